The molecule has 5 aromatic carbocycles. The topological polar surface area (TPSA) is 243 Å². The molecule has 0 radical (unpaired) electrons. The fourth-order valence-corrected chi connectivity index (χ4v) is 9.82. The molecule has 0 unspecified atom stereocenters. The Morgan fingerprint density at radius 2 is 1.33 bits per heavy atom. The van der Waals surface area contributed by atoms with Gasteiger partial charge in [0.2, 0.25) is 11.8 Å². The zero-order valence-electron chi connectivity index (χ0n) is 41.9. The van der Waals surface area contributed by atoms with Crippen molar-refractivity contribution in [1.82, 2.24) is 26.6 Å². The van der Waals surface area contributed by atoms with Crippen LogP contribution in [0.4, 0.5) is 22.7 Å². The number of sulfone groups is 1. The number of nitrogens with zero attached hydrogens (tertiary/aromatic N) is 3. The number of anilines is 2. The van der Waals surface area contributed by atoms with Crippen molar-refractivity contribution in [3.63, 3.8) is 0 Å². The van der Waals surface area contributed by atoms with Crippen LogP contribution in [0.3, 0.4) is 0 Å². The van der Waals surface area contributed by atoms with Crippen LogP contribution in [0.15, 0.2) is 130 Å². The number of carboxylic acid groups (broad SMARTS) is 1. The molecular formula is C55H68N9O8S-. The number of unbranched alkanes of at least 4 members (excludes halogenated alkanes) is 1. The fourth-order valence-electron chi connectivity index (χ4n) is 8.92. The average molecular weight is 1020 g/mol. The number of hydrogen-bond acceptors (Lipinski definition) is 13. The molecule has 1 aliphatic carbocycles. The van der Waals surface area contributed by atoms with Crippen molar-refractivity contribution < 1.29 is 37.5 Å². The summed E-state index contributed by atoms with van der Waals surface area (Å²) in [6.45, 7) is 1.000. The standard InChI is InChI=1S/C55H69N9O8S/c1-64(2)44-29-27-42(28-30-44)63-62-41-25-23-40(24-26-41)52(66)58-33-11-10-20-49(55(69)70)61-54(68)48(59-37-43(36-38-14-6-4-7-15-38)60-53(67)39-16-8-5-9-17-39)31-32-51(65)57-35-34-56-47-21-12-19-46-45(47)18-13-22-50(46)73(3,71)72/h5,8-9,12-13,16-19,21-30,38,43,48-49,56,59H,4,6-7,10-11,14-15,20,31-37H2,1-3H3,(H,57,65)(H,58,66)(H,60,67)(H,61,68)(H,69,70)/p-1/t43-,48-,49-/m0/s1. The Hall–Kier alpha value is -7.18. The van der Waals surface area contributed by atoms with Crippen molar-refractivity contribution >= 4 is 73.0 Å². The van der Waals surface area contributed by atoms with E-state index >= 15 is 0 Å². The smallest absolute Gasteiger partial charge is 0.251 e. The highest BCUT2D eigenvalue weighted by Crippen LogP contribution is 2.30. The van der Waals surface area contributed by atoms with Crippen molar-refractivity contribution in [1.29, 1.82) is 0 Å². The highest BCUT2D eigenvalue weighted by Gasteiger charge is 2.27. The van der Waals surface area contributed by atoms with E-state index < -0.39 is 33.8 Å². The Kier molecular flexibility index (Phi) is 20.8. The molecule has 3 atom stereocenters. The molecule has 1 saturated carbocycles. The molecule has 18 heteroatoms. The van der Waals surface area contributed by atoms with Gasteiger partial charge >= 0.3 is 0 Å². The first-order chi connectivity index (χ1) is 35.1. The van der Waals surface area contributed by atoms with Gasteiger partial charge in [0.25, 0.3) is 11.8 Å². The minimum Gasteiger partial charge on any atom is -0.548 e. The largest absolute Gasteiger partial charge is 0.548 e. The zero-order valence-corrected chi connectivity index (χ0v) is 42.7. The maximum absolute atomic E-state index is 14.0. The molecule has 388 valence electrons. The first-order valence-corrected chi connectivity index (χ1v) is 26.9. The molecule has 0 aromatic heterocycles. The predicted molar refractivity (Wildman–Crippen MR) is 283 cm³/mol. The van der Waals surface area contributed by atoms with Crippen LogP contribution in [0.5, 0.6) is 0 Å². The van der Waals surface area contributed by atoms with Crippen LogP contribution in [0.1, 0.15) is 91.3 Å². The number of benzene rings is 5. The van der Waals surface area contributed by atoms with Crippen LogP contribution in [0.2, 0.25) is 0 Å². The quantitative estimate of drug-likeness (QED) is 0.0242. The van der Waals surface area contributed by atoms with E-state index in [-0.39, 0.29) is 67.6 Å². The number of carbonyl (C=O) groups is 5. The highest BCUT2D eigenvalue weighted by atomic mass is 32.2. The van der Waals surface area contributed by atoms with E-state index in [0.717, 1.165) is 43.2 Å². The maximum atomic E-state index is 14.0. The van der Waals surface area contributed by atoms with Gasteiger partial charge in [-0.1, -0.05) is 74.6 Å². The van der Waals surface area contributed by atoms with Crippen LogP contribution in [0, 0.1) is 5.92 Å². The molecule has 4 amide bonds. The Morgan fingerprint density at radius 1 is 0.671 bits per heavy atom. The summed E-state index contributed by atoms with van der Waals surface area (Å²) in [6, 6.07) is 30.9. The van der Waals surface area contributed by atoms with Gasteiger partial charge in [0.15, 0.2) is 9.84 Å². The summed E-state index contributed by atoms with van der Waals surface area (Å²) in [5.74, 6) is -2.60. The molecule has 1 fully saturated rings. The lowest BCUT2D eigenvalue weighted by Crippen LogP contribution is -2.55. The van der Waals surface area contributed by atoms with Gasteiger partial charge in [0.1, 0.15) is 0 Å². The first kappa shape index (κ1) is 55.1. The molecule has 6 rings (SSSR count). The molecule has 17 nitrogen and oxygen atoms in total. The number of fused-ring (bicyclic) bond motifs is 1. The Bertz CT molecular complexity index is 2770. The van der Waals surface area contributed by atoms with Crippen LogP contribution in [-0.2, 0) is 24.2 Å². The third-order valence-electron chi connectivity index (χ3n) is 12.9. The van der Waals surface area contributed by atoms with Gasteiger partial charge in [-0.3, -0.25) is 19.2 Å². The second kappa shape index (κ2) is 27.6. The third kappa shape index (κ3) is 17.5. The van der Waals surface area contributed by atoms with Gasteiger partial charge in [-0.25, -0.2) is 8.42 Å². The SMILES string of the molecule is CN(C)c1ccc(N=Nc2ccc(C(=O)NCCCC[C@H](NC(=O)[C@H](CCC(=O)NCCNc3cccc4c(S(C)(=O)=O)cccc34)NC[C@H](CC3CCCCC3)NC(=O)c3ccccc3)C(=O)[O-])cc2)cc1. The normalized spacial score (nSPS) is 14.2. The molecule has 0 spiro atoms. The van der Waals surface area contributed by atoms with Crippen LogP contribution in [0.25, 0.3) is 10.8 Å². The minimum absolute atomic E-state index is 0.0198. The second-order valence-electron chi connectivity index (χ2n) is 18.8. The van der Waals surface area contributed by atoms with Crippen molar-refractivity contribution in [2.75, 3.05) is 56.7 Å². The molecule has 0 heterocycles. The number of azo groups is 1. The summed E-state index contributed by atoms with van der Waals surface area (Å²) in [6.07, 6.45) is 8.03. The van der Waals surface area contributed by atoms with Crippen LogP contribution in [-0.4, -0.2) is 103 Å². The lowest BCUT2D eigenvalue weighted by molar-refractivity contribution is -0.308. The number of carbonyl (C=O) groups excluding carboxylic acids is 5. The van der Waals surface area contributed by atoms with E-state index in [4.69, 9.17) is 0 Å². The number of nitrogens with one attached hydrogen (secondary N) is 6. The minimum atomic E-state index is -3.46. The van der Waals surface area contributed by atoms with Gasteiger partial charge in [0.05, 0.1) is 34.3 Å². The van der Waals surface area contributed by atoms with Crippen molar-refractivity contribution in [2.24, 2.45) is 16.1 Å². The molecule has 1 aliphatic rings. The average Bonchev–Trinajstić information content (AvgIpc) is 3.38. The zero-order chi connectivity index (χ0) is 52.2. The molecular weight excluding hydrogens is 947 g/mol. The van der Waals surface area contributed by atoms with Gasteiger partial charge in [-0.15, -0.1) is 0 Å². The van der Waals surface area contributed by atoms with Crippen LogP contribution >= 0.6 is 0 Å². The van der Waals surface area contributed by atoms with E-state index in [1.165, 1.54) is 6.26 Å². The number of amides is 4. The second-order valence-corrected chi connectivity index (χ2v) is 20.8. The predicted octanol–water partition coefficient (Wildman–Crippen LogP) is 6.60. The lowest BCUT2D eigenvalue weighted by atomic mass is 9.84. The molecule has 0 bridgehead atoms. The number of rotatable bonds is 27. The van der Waals surface area contributed by atoms with Gasteiger partial charge < -0.3 is 46.7 Å². The highest BCUT2D eigenvalue weighted by molar-refractivity contribution is 7.91. The lowest BCUT2D eigenvalue weighted by Gasteiger charge is -2.29. The summed E-state index contributed by atoms with van der Waals surface area (Å²) in [5.41, 5.74) is 3.95. The summed E-state index contributed by atoms with van der Waals surface area (Å²) in [5, 5.41) is 40.3. The van der Waals surface area contributed by atoms with Gasteiger partial charge in [-0.05, 0) is 111 Å². The van der Waals surface area contributed by atoms with E-state index in [0.29, 0.717) is 65.3 Å². The molecule has 0 aliphatic heterocycles. The molecule has 5 aromatic rings. The molecule has 73 heavy (non-hydrogen) atoms. The monoisotopic (exact) mass is 1010 g/mol. The summed E-state index contributed by atoms with van der Waals surface area (Å²) < 4.78 is 24.8. The van der Waals surface area contributed by atoms with Crippen molar-refractivity contribution in [3.05, 3.63) is 126 Å². The first-order valence-electron chi connectivity index (χ1n) is 25.0. The fraction of sp³-hybridized carbons (Fsp3) is 0.400. The molecule has 0 saturated heterocycles. The Labute approximate surface area is 428 Å². The van der Waals surface area contributed by atoms with E-state index in [9.17, 15) is 37.5 Å². The van der Waals surface area contributed by atoms with Crippen molar-refractivity contribution in [3.8, 4) is 0 Å². The third-order valence-corrected chi connectivity index (χ3v) is 14.1. The summed E-state index contributed by atoms with van der Waals surface area (Å²) in [4.78, 5) is 68.3. The maximum Gasteiger partial charge on any atom is 0.251 e. The van der Waals surface area contributed by atoms with E-state index in [2.05, 4.69) is 42.1 Å². The Balaban J connectivity index is 1.03. The van der Waals surface area contributed by atoms with E-state index in [1.54, 1.807) is 72.8 Å². The number of carboxylic acids is 1. The number of hydrogen-bond donors (Lipinski definition) is 6. The van der Waals surface area contributed by atoms with Crippen molar-refractivity contribution in [2.45, 2.75) is 93.7 Å². The van der Waals surface area contributed by atoms with Crippen LogP contribution < -0.4 is 41.9 Å². The van der Waals surface area contributed by atoms with Gasteiger partial charge in [0, 0.05) is 92.3 Å². The summed E-state index contributed by atoms with van der Waals surface area (Å²) in [7, 11) is 0.454. The number of aliphatic carboxylic acids is 1. The molecule has 6 N–H and O–H groups in total. The summed E-state index contributed by atoms with van der Waals surface area (Å²) >= 11 is 0. The Morgan fingerprint density at radius 3 is 2.00 bits per heavy atom. The van der Waals surface area contributed by atoms with Gasteiger partial charge in [-0.2, -0.15) is 10.2 Å². The van der Waals surface area contributed by atoms with E-state index in [1.807, 2.05) is 61.5 Å².